The Morgan fingerprint density at radius 2 is 1.00 bits per heavy atom. The summed E-state index contributed by atoms with van der Waals surface area (Å²) < 4.78 is 29.0. The number of alkyl halides is 3. The van der Waals surface area contributed by atoms with Gasteiger partial charge >= 0.3 is 6.68 Å². The molecule has 4 heteroatoms. The zero-order valence-corrected chi connectivity index (χ0v) is 3.83. The van der Waals surface area contributed by atoms with E-state index in [0.717, 1.165) is 0 Å². The monoisotopic (exact) mass is 150 g/mol. The summed E-state index contributed by atoms with van der Waals surface area (Å²) in [5.74, 6) is 0. The van der Waals surface area contributed by atoms with Crippen molar-refractivity contribution >= 4 is 17.1 Å². The van der Waals surface area contributed by atoms with E-state index >= 15 is 0 Å². The Kier molecular flexibility index (Phi) is 7.76. The molecule has 0 N–H and O–H groups in total. The van der Waals surface area contributed by atoms with Gasteiger partial charge in [0, 0.05) is 17.1 Å². The van der Waals surface area contributed by atoms with Gasteiger partial charge in [0.25, 0.3) is 0 Å². The van der Waals surface area contributed by atoms with Crippen molar-refractivity contribution in [1.29, 1.82) is 0 Å². The summed E-state index contributed by atoms with van der Waals surface area (Å²) in [4.78, 5) is 0. The summed E-state index contributed by atoms with van der Waals surface area (Å²) in [6.07, 6.45) is 0. The van der Waals surface area contributed by atoms with Crippen LogP contribution in [0.3, 0.4) is 0 Å². The van der Waals surface area contributed by atoms with Gasteiger partial charge in [-0.25, -0.2) is 0 Å². The van der Waals surface area contributed by atoms with Gasteiger partial charge in [0.05, 0.1) is 0 Å². The van der Waals surface area contributed by atoms with Crippen molar-refractivity contribution < 1.29 is 13.2 Å². The molecule has 0 aromatic heterocycles. The molecule has 0 heterocycles. The van der Waals surface area contributed by atoms with Crippen LogP contribution in [0.25, 0.3) is 0 Å². The molecule has 0 aromatic rings. The van der Waals surface area contributed by atoms with E-state index in [2.05, 4.69) is 0 Å². The first-order valence-corrected chi connectivity index (χ1v) is 0.655. The Bertz CT molecular complexity index is 11.6. The van der Waals surface area contributed by atoms with Gasteiger partial charge in [0.15, 0.2) is 0 Å². The Morgan fingerprint density at radius 1 is 1.00 bits per heavy atom. The maximum atomic E-state index is 9.67. The molecule has 0 saturated carbocycles. The van der Waals surface area contributed by atoms with Crippen molar-refractivity contribution in [2.24, 2.45) is 0 Å². The van der Waals surface area contributed by atoms with Crippen LogP contribution in [0.1, 0.15) is 0 Å². The number of hydrogen-bond acceptors (Lipinski definition) is 0. The second kappa shape index (κ2) is 4.31. The molecule has 0 unspecified atom stereocenters. The maximum Gasteiger partial charge on any atom is 0.379 e. The molecule has 0 nitrogen and oxygen atoms in total. The molecule has 0 saturated heterocycles. The van der Waals surface area contributed by atoms with E-state index < -0.39 is 6.68 Å². The van der Waals surface area contributed by atoms with Crippen LogP contribution >= 0.6 is 0 Å². The van der Waals surface area contributed by atoms with Crippen molar-refractivity contribution in [2.45, 2.75) is 6.68 Å². The third-order valence-corrected chi connectivity index (χ3v) is 0. The fraction of sp³-hybridized carbons (Fsp3) is 1.00. The molecule has 0 fully saturated rings. The first kappa shape index (κ1) is 9.00. The largest absolute Gasteiger partial charge is 0.379 e. The van der Waals surface area contributed by atoms with E-state index in [1.165, 1.54) is 0 Å². The van der Waals surface area contributed by atoms with Crippen molar-refractivity contribution in [2.75, 3.05) is 0 Å². The van der Waals surface area contributed by atoms with E-state index in [4.69, 9.17) is 0 Å². The van der Waals surface area contributed by atoms with Crippen molar-refractivity contribution in [3.05, 3.63) is 0 Å². The third-order valence-electron chi connectivity index (χ3n) is 0. The van der Waals surface area contributed by atoms with Crippen LogP contribution in [0.5, 0.6) is 0 Å². The molecular formula is CHF3Se. The molecule has 0 spiro atoms. The maximum absolute atomic E-state index is 9.67. The van der Waals surface area contributed by atoms with E-state index in [0.29, 0.717) is 0 Å². The van der Waals surface area contributed by atoms with Crippen molar-refractivity contribution in [1.82, 2.24) is 0 Å². The van der Waals surface area contributed by atoms with Gasteiger partial charge in [-0.2, -0.15) is 13.2 Å². The predicted octanol–water partition coefficient (Wildman–Crippen LogP) is 0.798. The Hall–Kier alpha value is 0.309. The molecule has 0 aromatic carbocycles. The predicted molar refractivity (Wildman–Crippen MR) is 12.9 cm³/mol. The van der Waals surface area contributed by atoms with E-state index in [-0.39, 0.29) is 17.1 Å². The van der Waals surface area contributed by atoms with Gasteiger partial charge in [-0.3, -0.25) is 0 Å². The normalized spacial score (nSPS) is 7.20. The van der Waals surface area contributed by atoms with Crippen LogP contribution in [0.15, 0.2) is 0 Å². The molecule has 0 aliphatic rings. The topological polar surface area (TPSA) is 0 Å². The fourth-order valence-corrected chi connectivity index (χ4v) is 0. The standard InChI is InChI=1S/CHF3.Se/c2-1(3)4;/h1H;. The Balaban J connectivity index is 0. The van der Waals surface area contributed by atoms with Gasteiger partial charge in [-0.15, -0.1) is 0 Å². The van der Waals surface area contributed by atoms with Crippen LogP contribution in [-0.4, -0.2) is 23.7 Å². The first-order chi connectivity index (χ1) is 1.73. The zero-order chi connectivity index (χ0) is 3.58. The molecule has 0 bridgehead atoms. The minimum atomic E-state index is -3.67. The van der Waals surface area contributed by atoms with Crippen LogP contribution < -0.4 is 0 Å². The second-order valence-corrected chi connectivity index (χ2v) is 0.247. The van der Waals surface area contributed by atoms with Crippen LogP contribution in [0.2, 0.25) is 0 Å². The molecule has 0 rings (SSSR count). The first-order valence-electron chi connectivity index (χ1n) is 0.655. The summed E-state index contributed by atoms with van der Waals surface area (Å²) >= 11 is 0. The molecular weight excluding hydrogens is 148 g/mol. The molecule has 0 amide bonds. The molecule has 0 aliphatic heterocycles. The van der Waals surface area contributed by atoms with E-state index in [1.54, 1.807) is 0 Å². The molecule has 0 aliphatic carbocycles. The van der Waals surface area contributed by atoms with Crippen molar-refractivity contribution in [3.8, 4) is 0 Å². The van der Waals surface area contributed by atoms with Crippen molar-refractivity contribution in [3.63, 3.8) is 0 Å². The third kappa shape index (κ3) is 240. The van der Waals surface area contributed by atoms with Gasteiger partial charge in [0.1, 0.15) is 0 Å². The summed E-state index contributed by atoms with van der Waals surface area (Å²) in [5.41, 5.74) is 0. The number of hydrogen-bond donors (Lipinski definition) is 0. The van der Waals surface area contributed by atoms with Gasteiger partial charge < -0.3 is 0 Å². The average molecular weight is 149 g/mol. The minimum Gasteiger partial charge on any atom is -0.174 e. The summed E-state index contributed by atoms with van der Waals surface area (Å²) in [5, 5.41) is 0. The van der Waals surface area contributed by atoms with E-state index in [9.17, 15) is 13.2 Å². The molecule has 0 atom stereocenters. The summed E-state index contributed by atoms with van der Waals surface area (Å²) in [6, 6.07) is 0. The van der Waals surface area contributed by atoms with Gasteiger partial charge in [0.2, 0.25) is 0 Å². The Morgan fingerprint density at radius 3 is 1.00 bits per heavy atom. The zero-order valence-electron chi connectivity index (χ0n) is 2.12. The second-order valence-electron chi connectivity index (χ2n) is 0.247. The number of rotatable bonds is 0. The van der Waals surface area contributed by atoms with Crippen LogP contribution in [-0.2, 0) is 0 Å². The molecule has 32 valence electrons. The SMILES string of the molecule is FC(F)F.[Se]. The minimum absolute atomic E-state index is 0. The number of halogens is 3. The molecule has 5 heavy (non-hydrogen) atoms. The van der Waals surface area contributed by atoms with Crippen LogP contribution in [0.4, 0.5) is 13.2 Å². The molecule has 2 radical (unpaired) electrons. The smallest absolute Gasteiger partial charge is 0.174 e. The van der Waals surface area contributed by atoms with Gasteiger partial charge in [-0.1, -0.05) is 0 Å². The van der Waals surface area contributed by atoms with Crippen LogP contribution in [0, 0.1) is 0 Å². The summed E-state index contributed by atoms with van der Waals surface area (Å²) in [7, 11) is 0. The Labute approximate surface area is 37.8 Å². The fourth-order valence-electron chi connectivity index (χ4n) is 0. The average Bonchev–Trinajstić information content (AvgIpc) is 0.811. The summed E-state index contributed by atoms with van der Waals surface area (Å²) in [6.45, 7) is -3.67. The van der Waals surface area contributed by atoms with Gasteiger partial charge in [-0.05, 0) is 0 Å². The quantitative estimate of drug-likeness (QED) is 0.447. The van der Waals surface area contributed by atoms with E-state index in [1.807, 2.05) is 0 Å².